The lowest BCUT2D eigenvalue weighted by Crippen LogP contribution is -2.47. The summed E-state index contributed by atoms with van der Waals surface area (Å²) < 4.78 is 19.3. The van der Waals surface area contributed by atoms with Crippen LogP contribution in [0.2, 0.25) is 5.02 Å². The molecular formula is C19H27ClFN3O2. The molecule has 26 heavy (non-hydrogen) atoms. The van der Waals surface area contributed by atoms with Crippen molar-refractivity contribution in [2.24, 2.45) is 11.7 Å². The average molecular weight is 384 g/mol. The first-order chi connectivity index (χ1) is 12.5. The van der Waals surface area contributed by atoms with Crippen LogP contribution >= 0.6 is 11.6 Å². The third kappa shape index (κ3) is 4.94. The molecule has 5 nitrogen and oxygen atoms in total. The van der Waals surface area contributed by atoms with Gasteiger partial charge in [0.15, 0.2) is 0 Å². The molecule has 0 aliphatic carbocycles. The third-order valence-corrected chi connectivity index (χ3v) is 5.74. The molecule has 0 aromatic heterocycles. The number of rotatable bonds is 4. The topological polar surface area (TPSA) is 67.6 Å². The number of halogens is 2. The molecular weight excluding hydrogens is 357 g/mol. The second kappa shape index (κ2) is 9.13. The van der Waals surface area contributed by atoms with Crippen LogP contribution in [0.4, 0.5) is 4.39 Å². The zero-order valence-corrected chi connectivity index (χ0v) is 15.7. The Morgan fingerprint density at radius 1 is 1.27 bits per heavy atom. The highest BCUT2D eigenvalue weighted by Gasteiger charge is 2.31. The highest BCUT2D eigenvalue weighted by molar-refractivity contribution is 6.31. The molecule has 2 saturated heterocycles. The maximum atomic E-state index is 13.9. The highest BCUT2D eigenvalue weighted by Crippen LogP contribution is 2.23. The van der Waals surface area contributed by atoms with Crippen LogP contribution in [0.3, 0.4) is 0 Å². The van der Waals surface area contributed by atoms with Gasteiger partial charge in [0.05, 0.1) is 5.92 Å². The summed E-state index contributed by atoms with van der Waals surface area (Å²) in [6, 6.07) is 5.04. The summed E-state index contributed by atoms with van der Waals surface area (Å²) in [4.78, 5) is 15.1. The van der Waals surface area contributed by atoms with E-state index in [0.29, 0.717) is 23.2 Å². The number of benzene rings is 1. The van der Waals surface area contributed by atoms with E-state index in [2.05, 4.69) is 10.2 Å². The normalized spacial score (nSPS) is 25.7. The summed E-state index contributed by atoms with van der Waals surface area (Å²) in [7, 11) is 0. The summed E-state index contributed by atoms with van der Waals surface area (Å²) in [5.41, 5.74) is 6.56. The lowest BCUT2D eigenvalue weighted by Gasteiger charge is -2.35. The molecule has 1 aromatic rings. The third-order valence-electron chi connectivity index (χ3n) is 5.39. The number of likely N-dealkylation sites (tertiary alicyclic amines) is 1. The van der Waals surface area contributed by atoms with E-state index >= 15 is 0 Å². The molecule has 144 valence electrons. The molecule has 0 radical (unpaired) electrons. The van der Waals surface area contributed by atoms with Gasteiger partial charge >= 0.3 is 0 Å². The van der Waals surface area contributed by atoms with E-state index in [-0.39, 0.29) is 24.4 Å². The number of ether oxygens (including phenoxy) is 1. The zero-order valence-electron chi connectivity index (χ0n) is 14.9. The minimum Gasteiger partial charge on any atom is -0.381 e. The van der Waals surface area contributed by atoms with E-state index in [4.69, 9.17) is 22.1 Å². The number of nitrogens with zero attached hydrogens (tertiary/aromatic N) is 1. The van der Waals surface area contributed by atoms with E-state index in [9.17, 15) is 9.18 Å². The number of hydrogen-bond acceptors (Lipinski definition) is 4. The van der Waals surface area contributed by atoms with Crippen molar-refractivity contribution >= 4 is 17.5 Å². The molecule has 1 amide bonds. The van der Waals surface area contributed by atoms with Gasteiger partial charge in [-0.15, -0.1) is 0 Å². The molecule has 3 N–H and O–H groups in total. The largest absolute Gasteiger partial charge is 0.381 e. The Bertz CT molecular complexity index is 605. The van der Waals surface area contributed by atoms with Crippen molar-refractivity contribution in [1.82, 2.24) is 10.2 Å². The molecule has 0 spiro atoms. The fourth-order valence-corrected chi connectivity index (χ4v) is 4.07. The van der Waals surface area contributed by atoms with E-state index in [1.165, 1.54) is 6.07 Å². The summed E-state index contributed by atoms with van der Waals surface area (Å²) in [5, 5.41) is 3.19. The van der Waals surface area contributed by atoms with E-state index in [0.717, 1.165) is 45.4 Å². The average Bonchev–Trinajstić information content (AvgIpc) is 2.84. The van der Waals surface area contributed by atoms with Gasteiger partial charge in [0.1, 0.15) is 5.82 Å². The van der Waals surface area contributed by atoms with Gasteiger partial charge in [-0.2, -0.15) is 0 Å². The smallest absolute Gasteiger partial charge is 0.224 e. The lowest BCUT2D eigenvalue weighted by molar-refractivity contribution is -0.126. The Balaban J connectivity index is 1.61. The van der Waals surface area contributed by atoms with Crippen molar-refractivity contribution in [3.8, 4) is 0 Å². The summed E-state index contributed by atoms with van der Waals surface area (Å²) in [6.45, 7) is 3.13. The number of nitrogens with one attached hydrogen (secondary N) is 1. The summed E-state index contributed by atoms with van der Waals surface area (Å²) in [6.07, 6.45) is 3.52. The minimum atomic E-state index is -0.399. The second-order valence-corrected chi connectivity index (χ2v) is 7.66. The first-order valence-electron chi connectivity index (χ1n) is 9.32. The molecule has 1 aromatic carbocycles. The van der Waals surface area contributed by atoms with Gasteiger partial charge in [0, 0.05) is 55.5 Å². The van der Waals surface area contributed by atoms with Gasteiger partial charge < -0.3 is 15.8 Å². The zero-order chi connectivity index (χ0) is 18.5. The van der Waals surface area contributed by atoms with Crippen molar-refractivity contribution in [3.05, 3.63) is 34.6 Å². The van der Waals surface area contributed by atoms with Gasteiger partial charge in [0.2, 0.25) is 5.91 Å². The molecule has 0 bridgehead atoms. The van der Waals surface area contributed by atoms with Crippen LogP contribution in [0.5, 0.6) is 0 Å². The standard InChI is InChI=1S/C19H27ClFN3O2/c20-17-2-1-3-18(21)16(17)10-23-19(25)13-4-5-14(22)12-24(11-13)15-6-8-26-9-7-15/h1-3,13-15H,4-12,22H2,(H,23,25)/t13-,14+/m1/s1. The van der Waals surface area contributed by atoms with Crippen LogP contribution in [-0.4, -0.2) is 49.2 Å². The fraction of sp³-hybridized carbons (Fsp3) is 0.632. The van der Waals surface area contributed by atoms with E-state index in [1.54, 1.807) is 12.1 Å². The predicted molar refractivity (Wildman–Crippen MR) is 99.4 cm³/mol. The fourth-order valence-electron chi connectivity index (χ4n) is 3.84. The van der Waals surface area contributed by atoms with Gasteiger partial charge in [-0.3, -0.25) is 9.69 Å². The highest BCUT2D eigenvalue weighted by atomic mass is 35.5. The van der Waals surface area contributed by atoms with Crippen molar-refractivity contribution in [2.45, 2.75) is 44.3 Å². The van der Waals surface area contributed by atoms with Gasteiger partial charge in [-0.25, -0.2) is 4.39 Å². The maximum Gasteiger partial charge on any atom is 0.224 e. The van der Waals surface area contributed by atoms with Gasteiger partial charge in [-0.1, -0.05) is 17.7 Å². The molecule has 2 aliphatic heterocycles. The lowest BCUT2D eigenvalue weighted by atomic mass is 10.00. The summed E-state index contributed by atoms with van der Waals surface area (Å²) in [5.74, 6) is -0.600. The number of carbonyl (C=O) groups is 1. The first-order valence-corrected chi connectivity index (χ1v) is 9.70. The first kappa shape index (κ1) is 19.5. The van der Waals surface area contributed by atoms with E-state index in [1.807, 2.05) is 0 Å². The molecule has 3 rings (SSSR count). The van der Waals surface area contributed by atoms with E-state index < -0.39 is 5.82 Å². The second-order valence-electron chi connectivity index (χ2n) is 7.25. The van der Waals surface area contributed by atoms with Crippen LogP contribution in [-0.2, 0) is 16.1 Å². The Hall–Kier alpha value is -1.21. The number of carbonyl (C=O) groups excluding carboxylic acids is 1. The Kier molecular flexibility index (Phi) is 6.86. The quantitative estimate of drug-likeness (QED) is 0.837. The van der Waals surface area contributed by atoms with Crippen molar-refractivity contribution in [1.29, 1.82) is 0 Å². The summed E-state index contributed by atoms with van der Waals surface area (Å²) >= 11 is 6.04. The molecule has 2 aliphatic rings. The molecule has 2 fully saturated rings. The SMILES string of the molecule is N[C@H]1CC[C@@H](C(=O)NCc2c(F)cccc2Cl)CN(C2CCOCC2)C1. The van der Waals surface area contributed by atoms with Crippen molar-refractivity contribution < 1.29 is 13.9 Å². The Morgan fingerprint density at radius 2 is 2.04 bits per heavy atom. The minimum absolute atomic E-state index is 0.0597. The molecule has 2 atom stereocenters. The van der Waals surface area contributed by atoms with Crippen LogP contribution < -0.4 is 11.1 Å². The molecule has 2 heterocycles. The van der Waals surface area contributed by atoms with Gasteiger partial charge in [-0.05, 0) is 37.8 Å². The molecule has 0 unspecified atom stereocenters. The molecule has 7 heteroatoms. The Morgan fingerprint density at radius 3 is 2.77 bits per heavy atom. The molecule has 0 saturated carbocycles. The monoisotopic (exact) mass is 383 g/mol. The van der Waals surface area contributed by atoms with Crippen molar-refractivity contribution in [2.75, 3.05) is 26.3 Å². The predicted octanol–water partition coefficient (Wildman–Crippen LogP) is 2.31. The van der Waals surface area contributed by atoms with Gasteiger partial charge in [0.25, 0.3) is 0 Å². The maximum absolute atomic E-state index is 13.9. The Labute approximate surface area is 159 Å². The van der Waals surface area contributed by atoms with Crippen molar-refractivity contribution in [3.63, 3.8) is 0 Å². The van der Waals surface area contributed by atoms with Crippen LogP contribution in [0.1, 0.15) is 31.2 Å². The van der Waals surface area contributed by atoms with Crippen LogP contribution in [0, 0.1) is 11.7 Å². The number of nitrogens with two attached hydrogens (primary N) is 1. The number of amides is 1. The van der Waals surface area contributed by atoms with Crippen LogP contribution in [0.15, 0.2) is 18.2 Å². The van der Waals surface area contributed by atoms with Crippen LogP contribution in [0.25, 0.3) is 0 Å². The number of hydrogen-bond donors (Lipinski definition) is 2.